The first-order chi connectivity index (χ1) is 18.2. The summed E-state index contributed by atoms with van der Waals surface area (Å²) in [7, 11) is -2.57. The van der Waals surface area contributed by atoms with Crippen LogP contribution in [0.25, 0.3) is 21.9 Å². The minimum absolute atomic E-state index is 0.0320. The first-order valence-electron chi connectivity index (χ1n) is 11.9. The molecule has 0 fully saturated rings. The van der Waals surface area contributed by atoms with Crippen LogP contribution in [0.15, 0.2) is 60.9 Å². The first-order valence-corrected chi connectivity index (χ1v) is 13.4. The van der Waals surface area contributed by atoms with Crippen molar-refractivity contribution in [1.82, 2.24) is 24.6 Å². The second-order valence-electron chi connectivity index (χ2n) is 8.95. The smallest absolute Gasteiger partial charge is 0.459 e. The molecule has 0 radical (unpaired) electrons. The number of carbonyl (C=O) groups is 1. The third-order valence-electron chi connectivity index (χ3n) is 6.23. The van der Waals surface area contributed by atoms with Crippen LogP contribution in [0.4, 0.5) is 5.95 Å². The van der Waals surface area contributed by atoms with E-state index >= 15 is 0 Å². The predicted octanol–water partition coefficient (Wildman–Crippen LogP) is 3.95. The molecule has 0 bridgehead atoms. The molecule has 4 N–H and O–H groups in total. The van der Waals surface area contributed by atoms with Crippen LogP contribution in [0.3, 0.4) is 0 Å². The molecule has 38 heavy (non-hydrogen) atoms. The number of aromatic nitrogens is 4. The molecule has 1 aliphatic carbocycles. The lowest BCUT2D eigenvalue weighted by Crippen LogP contribution is -2.33. The van der Waals surface area contributed by atoms with E-state index < -0.39 is 19.8 Å². The molecule has 2 unspecified atom stereocenters. The van der Waals surface area contributed by atoms with Crippen LogP contribution in [0.2, 0.25) is 0 Å². The number of methoxy groups -OCH3 is 1. The number of nitrogen functional groups attached to an aromatic ring is 1. The van der Waals surface area contributed by atoms with Crippen LogP contribution in [0, 0.1) is 5.92 Å². The maximum Gasteiger partial charge on any atom is 0.459 e. The molecule has 2 aromatic heterocycles. The molecule has 2 aromatic carbocycles. The highest BCUT2D eigenvalue weighted by Gasteiger charge is 2.33. The number of carboxylic acid groups (broad SMARTS) is 1. The number of carboxylic acids is 1. The van der Waals surface area contributed by atoms with E-state index in [2.05, 4.69) is 20.0 Å². The Hall–Kier alpha value is -3.99. The highest BCUT2D eigenvalue weighted by molar-refractivity contribution is 7.52. The molecule has 0 amide bonds. The summed E-state index contributed by atoms with van der Waals surface area (Å²) < 4.78 is 32.3. The fourth-order valence-corrected chi connectivity index (χ4v) is 5.86. The Morgan fingerprint density at radius 1 is 1.24 bits per heavy atom. The van der Waals surface area contributed by atoms with E-state index in [4.69, 9.17) is 19.5 Å². The molecule has 0 saturated heterocycles. The normalized spacial score (nSPS) is 19.4. The molecule has 4 aromatic rings. The Bertz CT molecular complexity index is 1570. The van der Waals surface area contributed by atoms with Crippen molar-refractivity contribution in [2.24, 2.45) is 5.92 Å². The van der Waals surface area contributed by atoms with Gasteiger partial charge in [0.25, 0.3) is 0 Å². The summed E-state index contributed by atoms with van der Waals surface area (Å²) in [5.74, 6) is -0.649. The summed E-state index contributed by atoms with van der Waals surface area (Å²) in [6.07, 6.45) is 6.16. The molecule has 0 spiro atoms. The number of rotatable bonds is 10. The van der Waals surface area contributed by atoms with Gasteiger partial charge in [-0.2, -0.15) is 15.1 Å². The molecule has 1 aliphatic rings. The fourth-order valence-electron chi connectivity index (χ4n) is 4.31. The Morgan fingerprint density at radius 3 is 2.79 bits per heavy atom. The summed E-state index contributed by atoms with van der Waals surface area (Å²) in [6.45, 7) is 1.41. The molecular formula is C25H27N6O6P. The van der Waals surface area contributed by atoms with Crippen LogP contribution in [0.5, 0.6) is 11.6 Å². The zero-order chi connectivity index (χ0) is 26.9. The summed E-state index contributed by atoms with van der Waals surface area (Å²) in [6, 6.07) is 11.6. The summed E-state index contributed by atoms with van der Waals surface area (Å²) in [4.78, 5) is 24.2. The van der Waals surface area contributed by atoms with Gasteiger partial charge >= 0.3 is 13.7 Å². The summed E-state index contributed by atoms with van der Waals surface area (Å²) in [5.41, 5.74) is 6.86. The van der Waals surface area contributed by atoms with Crippen LogP contribution in [0.1, 0.15) is 19.4 Å². The second-order valence-corrected chi connectivity index (χ2v) is 10.6. The van der Waals surface area contributed by atoms with E-state index in [0.717, 1.165) is 10.8 Å². The van der Waals surface area contributed by atoms with Crippen molar-refractivity contribution < 1.29 is 28.3 Å². The number of ether oxygens (including phenoxy) is 1. The zero-order valence-electron chi connectivity index (χ0n) is 20.7. The quantitative estimate of drug-likeness (QED) is 0.198. The van der Waals surface area contributed by atoms with E-state index in [0.29, 0.717) is 29.2 Å². The Labute approximate surface area is 218 Å². The Kier molecular flexibility index (Phi) is 7.02. The molecule has 2 heterocycles. The van der Waals surface area contributed by atoms with Crippen molar-refractivity contribution in [1.29, 1.82) is 0 Å². The van der Waals surface area contributed by atoms with E-state index in [1.807, 2.05) is 47.1 Å². The van der Waals surface area contributed by atoms with Crippen molar-refractivity contribution in [3.05, 3.63) is 60.9 Å². The van der Waals surface area contributed by atoms with Gasteiger partial charge in [-0.15, -0.1) is 0 Å². The summed E-state index contributed by atoms with van der Waals surface area (Å²) in [5, 5.41) is 13.8. The van der Waals surface area contributed by atoms with Gasteiger partial charge in [0, 0.05) is 5.92 Å². The number of allylic oxidation sites excluding steroid dienone is 1. The number of aliphatic carboxylic acids is 1. The van der Waals surface area contributed by atoms with E-state index in [1.54, 1.807) is 18.5 Å². The van der Waals surface area contributed by atoms with Gasteiger partial charge in [-0.3, -0.25) is 9.32 Å². The minimum Gasteiger partial charge on any atom is -0.480 e. The van der Waals surface area contributed by atoms with Crippen molar-refractivity contribution in [3.8, 4) is 11.6 Å². The highest BCUT2D eigenvalue weighted by atomic mass is 31.2. The van der Waals surface area contributed by atoms with Gasteiger partial charge in [0.15, 0.2) is 11.2 Å². The Morgan fingerprint density at radius 2 is 2.03 bits per heavy atom. The number of nitrogens with two attached hydrogens (primary N) is 1. The van der Waals surface area contributed by atoms with Crippen LogP contribution < -0.4 is 20.1 Å². The zero-order valence-corrected chi connectivity index (χ0v) is 21.6. The second kappa shape index (κ2) is 10.4. The molecule has 12 nitrogen and oxygen atoms in total. The molecule has 5 rings (SSSR count). The number of benzene rings is 2. The number of nitrogens with one attached hydrogen (secondary N) is 1. The minimum atomic E-state index is -4.06. The van der Waals surface area contributed by atoms with Crippen LogP contribution in [-0.4, -0.2) is 50.4 Å². The number of anilines is 1. The van der Waals surface area contributed by atoms with Gasteiger partial charge in [-0.1, -0.05) is 42.5 Å². The molecular weight excluding hydrogens is 511 g/mol. The number of hydrogen-bond donors (Lipinski definition) is 3. The van der Waals surface area contributed by atoms with Crippen LogP contribution >= 0.6 is 7.75 Å². The van der Waals surface area contributed by atoms with Gasteiger partial charge < -0.3 is 24.7 Å². The average molecular weight is 539 g/mol. The number of nitrogens with zero attached hydrogens (tertiary/aromatic N) is 4. The number of hydrogen-bond acceptors (Lipinski definition) is 9. The third kappa shape index (κ3) is 5.33. The average Bonchev–Trinajstić information content (AvgIpc) is 3.54. The molecule has 0 aliphatic heterocycles. The lowest BCUT2D eigenvalue weighted by molar-refractivity contribution is -0.138. The topological polar surface area (TPSA) is 164 Å². The third-order valence-corrected chi connectivity index (χ3v) is 7.88. The van der Waals surface area contributed by atoms with Crippen LogP contribution in [-0.2, 0) is 13.9 Å². The molecule has 4 atom stereocenters. The van der Waals surface area contributed by atoms with Crippen molar-refractivity contribution in [2.45, 2.75) is 25.4 Å². The largest absolute Gasteiger partial charge is 0.480 e. The fraction of sp³-hybridized carbons (Fsp3) is 0.280. The number of imidazole rings is 1. The van der Waals surface area contributed by atoms with Crippen molar-refractivity contribution in [2.75, 3.05) is 19.5 Å². The van der Waals surface area contributed by atoms with E-state index in [9.17, 15) is 14.5 Å². The van der Waals surface area contributed by atoms with Gasteiger partial charge in [0.2, 0.25) is 11.8 Å². The monoisotopic (exact) mass is 538 g/mol. The maximum atomic E-state index is 13.7. The van der Waals surface area contributed by atoms with E-state index in [1.165, 1.54) is 14.0 Å². The van der Waals surface area contributed by atoms with Gasteiger partial charge in [0.05, 0.1) is 26.1 Å². The molecule has 0 saturated carbocycles. The van der Waals surface area contributed by atoms with Gasteiger partial charge in [-0.25, -0.2) is 9.55 Å². The Balaban J connectivity index is 1.31. The van der Waals surface area contributed by atoms with Gasteiger partial charge in [-0.05, 0) is 36.2 Å². The standard InChI is InChI=1S/C25H27N6O6P/c1-15(24(32)33)30-38(34,37-20-10-8-17-5-3-4-6-18(17)12-20)36-13-16-7-9-19(11-16)31-14-27-21-22(31)28-25(26)29-23(21)35-2/h3-10,12,14-16,19H,11,13H2,1-2H3,(H,30,34)(H,32,33)(H2,26,28,29)/t15?,16-,19+,38?/m1/s1. The molecule has 13 heteroatoms. The summed E-state index contributed by atoms with van der Waals surface area (Å²) >= 11 is 0. The SMILES string of the molecule is COc1nc(N)nc2c1ncn2[C@H]1C=C[C@@H](COP(=O)(NC(C)C(=O)O)Oc2ccc3ccccc3c2)C1. The molecule has 198 valence electrons. The lowest BCUT2D eigenvalue weighted by atomic mass is 10.1. The van der Waals surface area contributed by atoms with Crippen molar-refractivity contribution in [3.63, 3.8) is 0 Å². The first kappa shape index (κ1) is 25.7. The number of fused-ring (bicyclic) bond motifs is 2. The van der Waals surface area contributed by atoms with Gasteiger partial charge in [0.1, 0.15) is 11.8 Å². The highest BCUT2D eigenvalue weighted by Crippen LogP contribution is 2.46. The lowest BCUT2D eigenvalue weighted by Gasteiger charge is -2.23. The van der Waals surface area contributed by atoms with E-state index in [-0.39, 0.29) is 24.5 Å². The maximum absolute atomic E-state index is 13.7. The van der Waals surface area contributed by atoms with Crippen molar-refractivity contribution >= 4 is 41.6 Å². The predicted molar refractivity (Wildman–Crippen MR) is 141 cm³/mol.